The van der Waals surface area contributed by atoms with Crippen molar-refractivity contribution in [3.8, 4) is 0 Å². The van der Waals surface area contributed by atoms with Crippen molar-refractivity contribution in [2.75, 3.05) is 13.6 Å². The highest BCUT2D eigenvalue weighted by molar-refractivity contribution is 5.97. The molecule has 1 N–H and O–H groups in total. The summed E-state index contributed by atoms with van der Waals surface area (Å²) in [4.78, 5) is 36.5. The molecule has 0 aliphatic heterocycles. The van der Waals surface area contributed by atoms with E-state index in [9.17, 15) is 14.4 Å². The van der Waals surface area contributed by atoms with Crippen LogP contribution >= 0.6 is 0 Å². The number of carboxylic acid groups (broad SMARTS) is 1. The van der Waals surface area contributed by atoms with E-state index >= 15 is 0 Å². The Bertz CT molecular complexity index is 616. The molecule has 0 heterocycles. The molecule has 0 saturated heterocycles. The van der Waals surface area contributed by atoms with Crippen LogP contribution in [0.1, 0.15) is 53.5 Å². The van der Waals surface area contributed by atoms with Crippen LogP contribution < -0.4 is 0 Å². The molecule has 0 radical (unpaired) electrons. The molecule has 126 valence electrons. The fourth-order valence-corrected chi connectivity index (χ4v) is 2.00. The molecule has 1 aromatic carbocycles. The highest BCUT2D eigenvalue weighted by atomic mass is 16.6. The van der Waals surface area contributed by atoms with Crippen molar-refractivity contribution in [1.82, 2.24) is 4.90 Å². The van der Waals surface area contributed by atoms with Crippen molar-refractivity contribution < 1.29 is 24.2 Å². The molecule has 1 rings (SSSR count). The summed E-state index contributed by atoms with van der Waals surface area (Å²) in [7, 11) is 1.56. The van der Waals surface area contributed by atoms with Gasteiger partial charge in [-0.3, -0.25) is 9.59 Å². The van der Waals surface area contributed by atoms with Crippen molar-refractivity contribution in [3.63, 3.8) is 0 Å². The van der Waals surface area contributed by atoms with E-state index in [1.807, 2.05) is 0 Å². The molecular weight excluding hydrogens is 298 g/mol. The molecule has 6 nitrogen and oxygen atoms in total. The number of hydrogen-bond donors (Lipinski definition) is 1. The zero-order chi connectivity index (χ0) is 17.8. The SMILES string of the molecule is Cc1cc(C(=O)O)cc(C(=O)N(C)CCC(=O)OC(C)(C)C)c1. The number of esters is 1. The second kappa shape index (κ2) is 7.26. The van der Waals surface area contributed by atoms with Crippen molar-refractivity contribution in [2.24, 2.45) is 0 Å². The molecule has 0 bridgehead atoms. The maximum atomic E-state index is 12.4. The third-order valence-electron chi connectivity index (χ3n) is 2.99. The summed E-state index contributed by atoms with van der Waals surface area (Å²) < 4.78 is 5.19. The smallest absolute Gasteiger partial charge is 0.335 e. The second-order valence-electron chi connectivity index (χ2n) is 6.46. The number of carbonyl (C=O) groups is 3. The van der Waals surface area contributed by atoms with Gasteiger partial charge in [-0.1, -0.05) is 0 Å². The molecule has 6 heteroatoms. The van der Waals surface area contributed by atoms with E-state index in [4.69, 9.17) is 9.84 Å². The van der Waals surface area contributed by atoms with Crippen LogP contribution in [0.4, 0.5) is 0 Å². The summed E-state index contributed by atoms with van der Waals surface area (Å²) in [6.07, 6.45) is 0.0805. The number of nitrogens with zero attached hydrogens (tertiary/aromatic N) is 1. The molecule has 0 fully saturated rings. The van der Waals surface area contributed by atoms with Gasteiger partial charge in [-0.15, -0.1) is 0 Å². The molecule has 0 aliphatic rings. The van der Waals surface area contributed by atoms with E-state index in [1.165, 1.54) is 17.0 Å². The summed E-state index contributed by atoms with van der Waals surface area (Å²) in [5, 5.41) is 9.05. The lowest BCUT2D eigenvalue weighted by atomic mass is 10.1. The predicted molar refractivity (Wildman–Crippen MR) is 85.6 cm³/mol. The second-order valence-corrected chi connectivity index (χ2v) is 6.46. The Morgan fingerprint density at radius 1 is 1.13 bits per heavy atom. The number of benzene rings is 1. The average Bonchev–Trinajstić information content (AvgIpc) is 2.41. The van der Waals surface area contributed by atoms with E-state index in [1.54, 1.807) is 40.8 Å². The number of aryl methyl sites for hydroxylation is 1. The normalized spacial score (nSPS) is 11.0. The first-order chi connectivity index (χ1) is 10.5. The van der Waals surface area contributed by atoms with Gasteiger partial charge in [0.15, 0.2) is 0 Å². The van der Waals surface area contributed by atoms with Gasteiger partial charge in [0.2, 0.25) is 0 Å². The number of carboxylic acids is 1. The number of ether oxygens (including phenoxy) is 1. The lowest BCUT2D eigenvalue weighted by Crippen LogP contribution is -2.31. The van der Waals surface area contributed by atoms with E-state index in [0.717, 1.165) is 0 Å². The third kappa shape index (κ3) is 6.10. The monoisotopic (exact) mass is 321 g/mol. The van der Waals surface area contributed by atoms with Crippen LogP contribution in [0.2, 0.25) is 0 Å². The number of aromatic carboxylic acids is 1. The first-order valence-corrected chi connectivity index (χ1v) is 7.32. The fourth-order valence-electron chi connectivity index (χ4n) is 2.00. The third-order valence-corrected chi connectivity index (χ3v) is 2.99. The van der Waals surface area contributed by atoms with E-state index in [0.29, 0.717) is 5.56 Å². The van der Waals surface area contributed by atoms with Crippen molar-refractivity contribution in [2.45, 2.75) is 39.7 Å². The molecular formula is C17H23NO5. The van der Waals surface area contributed by atoms with Crippen LogP contribution in [-0.4, -0.2) is 47.0 Å². The van der Waals surface area contributed by atoms with Crippen LogP contribution in [0.15, 0.2) is 18.2 Å². The van der Waals surface area contributed by atoms with Crippen LogP contribution in [0.25, 0.3) is 0 Å². The minimum atomic E-state index is -1.08. The highest BCUT2D eigenvalue weighted by Crippen LogP contribution is 2.13. The van der Waals surface area contributed by atoms with Crippen LogP contribution in [0.3, 0.4) is 0 Å². The number of rotatable bonds is 5. The summed E-state index contributed by atoms with van der Waals surface area (Å²) in [6, 6.07) is 4.46. The van der Waals surface area contributed by atoms with Gasteiger partial charge in [-0.25, -0.2) is 4.79 Å². The Morgan fingerprint density at radius 3 is 2.22 bits per heavy atom. The first-order valence-electron chi connectivity index (χ1n) is 7.32. The molecule has 0 aliphatic carbocycles. The van der Waals surface area contributed by atoms with Gasteiger partial charge in [0.05, 0.1) is 12.0 Å². The number of hydrogen-bond acceptors (Lipinski definition) is 4. The quantitative estimate of drug-likeness (QED) is 0.842. The molecule has 1 amide bonds. The lowest BCUT2D eigenvalue weighted by molar-refractivity contribution is -0.154. The van der Waals surface area contributed by atoms with Gasteiger partial charge in [0.1, 0.15) is 5.60 Å². The van der Waals surface area contributed by atoms with E-state index in [2.05, 4.69) is 0 Å². The van der Waals surface area contributed by atoms with Crippen LogP contribution in [0.5, 0.6) is 0 Å². The van der Waals surface area contributed by atoms with Crippen molar-refractivity contribution in [3.05, 3.63) is 34.9 Å². The Kier molecular flexibility index (Phi) is 5.90. The zero-order valence-electron chi connectivity index (χ0n) is 14.2. The average molecular weight is 321 g/mol. The fraction of sp³-hybridized carbons (Fsp3) is 0.471. The van der Waals surface area contributed by atoms with Crippen molar-refractivity contribution in [1.29, 1.82) is 0 Å². The topological polar surface area (TPSA) is 83.9 Å². The number of carbonyl (C=O) groups excluding carboxylic acids is 2. The van der Waals surface area contributed by atoms with Gasteiger partial charge in [-0.05, 0) is 51.5 Å². The Balaban J connectivity index is 2.74. The summed E-state index contributed by atoms with van der Waals surface area (Å²) in [5.74, 6) is -1.80. The van der Waals surface area contributed by atoms with Gasteiger partial charge in [0, 0.05) is 19.2 Å². The summed E-state index contributed by atoms with van der Waals surface area (Å²) >= 11 is 0. The Labute approximate surface area is 136 Å². The van der Waals surface area contributed by atoms with Crippen molar-refractivity contribution >= 4 is 17.8 Å². The van der Waals surface area contributed by atoms with Gasteiger partial charge < -0.3 is 14.7 Å². The number of amides is 1. The maximum absolute atomic E-state index is 12.4. The highest BCUT2D eigenvalue weighted by Gasteiger charge is 2.19. The Morgan fingerprint density at radius 2 is 1.70 bits per heavy atom. The zero-order valence-corrected chi connectivity index (χ0v) is 14.2. The summed E-state index contributed by atoms with van der Waals surface area (Å²) in [5.41, 5.74) is 0.476. The van der Waals surface area contributed by atoms with Gasteiger partial charge in [-0.2, -0.15) is 0 Å². The summed E-state index contributed by atoms with van der Waals surface area (Å²) in [6.45, 7) is 7.26. The minimum absolute atomic E-state index is 0.0638. The van der Waals surface area contributed by atoms with E-state index < -0.39 is 11.6 Å². The molecule has 0 spiro atoms. The molecule has 0 saturated carbocycles. The van der Waals surface area contributed by atoms with Gasteiger partial charge >= 0.3 is 11.9 Å². The first kappa shape index (κ1) is 18.7. The predicted octanol–water partition coefficient (Wildman–Crippen LogP) is 2.50. The Hall–Kier alpha value is -2.37. The molecule has 0 unspecified atom stereocenters. The minimum Gasteiger partial charge on any atom is -0.478 e. The molecule has 0 aromatic heterocycles. The largest absolute Gasteiger partial charge is 0.478 e. The molecule has 0 atom stereocenters. The molecule has 23 heavy (non-hydrogen) atoms. The van der Waals surface area contributed by atoms with Crippen LogP contribution in [0, 0.1) is 6.92 Å². The van der Waals surface area contributed by atoms with Gasteiger partial charge in [0.25, 0.3) is 5.91 Å². The molecule has 1 aromatic rings. The van der Waals surface area contributed by atoms with E-state index in [-0.39, 0.29) is 36.0 Å². The maximum Gasteiger partial charge on any atom is 0.335 e. The lowest BCUT2D eigenvalue weighted by Gasteiger charge is -2.21. The van der Waals surface area contributed by atoms with Crippen LogP contribution in [-0.2, 0) is 9.53 Å². The standard InChI is InChI=1S/C17H23NO5/c1-11-8-12(10-13(9-11)16(21)22)15(20)18(5)7-6-14(19)23-17(2,3)4/h8-10H,6-7H2,1-5H3,(H,21,22).